The van der Waals surface area contributed by atoms with Crippen LogP contribution in [0.3, 0.4) is 0 Å². The molecule has 0 saturated carbocycles. The number of primary amides is 1. The van der Waals surface area contributed by atoms with Crippen LogP contribution < -0.4 is 11.5 Å². The summed E-state index contributed by atoms with van der Waals surface area (Å²) in [5, 5.41) is 8.97. The van der Waals surface area contributed by atoms with E-state index in [0.717, 1.165) is 6.07 Å². The molecule has 4 nitrogen and oxygen atoms in total. The molecular formula is C11H14F2N2O2. The zero-order valence-electron chi connectivity index (χ0n) is 9.50. The van der Waals surface area contributed by atoms with Crippen LogP contribution >= 0.6 is 0 Å². The molecule has 1 atom stereocenters. The van der Waals surface area contributed by atoms with Crippen LogP contribution in [0.2, 0.25) is 0 Å². The maximum Gasteiger partial charge on any atom is 0.224 e. The van der Waals surface area contributed by atoms with Gasteiger partial charge in [0.15, 0.2) is 11.6 Å². The fourth-order valence-corrected chi connectivity index (χ4v) is 1.33. The second-order valence-corrected chi connectivity index (χ2v) is 4.39. The Balaban J connectivity index is 3.26. The summed E-state index contributed by atoms with van der Waals surface area (Å²) in [6.45, 7) is 2.87. The van der Waals surface area contributed by atoms with Crippen LogP contribution in [0.1, 0.15) is 25.5 Å². The Morgan fingerprint density at radius 1 is 1.35 bits per heavy atom. The van der Waals surface area contributed by atoms with Crippen LogP contribution in [0.4, 0.5) is 8.78 Å². The molecule has 0 bridgehead atoms. The van der Waals surface area contributed by atoms with Crippen molar-refractivity contribution in [3.05, 3.63) is 29.3 Å². The number of hydrogen-bond donors (Lipinski definition) is 3. The standard InChI is InChI=1S/C11H14F2N2O2/c1-11(2,10(15)17)9(14)5-3-7(13)8(16)4-6(5)12/h3-4,9,16H,14H2,1-2H3,(H2,15,17). The smallest absolute Gasteiger partial charge is 0.224 e. The molecule has 1 unspecified atom stereocenters. The van der Waals surface area contributed by atoms with Gasteiger partial charge in [-0.15, -0.1) is 0 Å². The molecule has 0 aliphatic heterocycles. The highest BCUT2D eigenvalue weighted by Crippen LogP contribution is 2.34. The topological polar surface area (TPSA) is 89.3 Å². The quantitative estimate of drug-likeness (QED) is 0.745. The molecule has 0 heterocycles. The summed E-state index contributed by atoms with van der Waals surface area (Å²) in [5.74, 6) is -3.42. The van der Waals surface area contributed by atoms with Crippen molar-refractivity contribution in [1.29, 1.82) is 0 Å². The summed E-state index contributed by atoms with van der Waals surface area (Å²) >= 11 is 0. The zero-order valence-corrected chi connectivity index (χ0v) is 9.50. The lowest BCUT2D eigenvalue weighted by molar-refractivity contribution is -0.127. The Kier molecular flexibility index (Phi) is 3.38. The van der Waals surface area contributed by atoms with Crippen LogP contribution in [0.25, 0.3) is 0 Å². The molecule has 1 aromatic rings. The maximum absolute atomic E-state index is 13.5. The number of carbonyl (C=O) groups is 1. The summed E-state index contributed by atoms with van der Waals surface area (Å²) < 4.78 is 26.6. The highest BCUT2D eigenvalue weighted by molar-refractivity contribution is 5.81. The number of aromatic hydroxyl groups is 1. The molecular weight excluding hydrogens is 230 g/mol. The second kappa shape index (κ2) is 4.29. The highest BCUT2D eigenvalue weighted by atomic mass is 19.1. The molecule has 5 N–H and O–H groups in total. The van der Waals surface area contributed by atoms with Crippen LogP contribution in [-0.2, 0) is 4.79 Å². The fraction of sp³-hybridized carbons (Fsp3) is 0.364. The fourth-order valence-electron chi connectivity index (χ4n) is 1.33. The lowest BCUT2D eigenvalue weighted by Gasteiger charge is -2.28. The number of nitrogens with two attached hydrogens (primary N) is 2. The zero-order chi connectivity index (χ0) is 13.4. The van der Waals surface area contributed by atoms with Crippen molar-refractivity contribution in [2.45, 2.75) is 19.9 Å². The van der Waals surface area contributed by atoms with Crippen molar-refractivity contribution in [3.63, 3.8) is 0 Å². The van der Waals surface area contributed by atoms with Gasteiger partial charge in [0.25, 0.3) is 0 Å². The molecule has 1 amide bonds. The van der Waals surface area contributed by atoms with Crippen molar-refractivity contribution in [2.24, 2.45) is 16.9 Å². The van der Waals surface area contributed by atoms with Crippen molar-refractivity contribution >= 4 is 5.91 Å². The van der Waals surface area contributed by atoms with E-state index in [-0.39, 0.29) is 5.56 Å². The summed E-state index contributed by atoms with van der Waals surface area (Å²) in [5.41, 5.74) is 9.41. The van der Waals surface area contributed by atoms with Crippen molar-refractivity contribution in [2.75, 3.05) is 0 Å². The van der Waals surface area contributed by atoms with Gasteiger partial charge in [0.1, 0.15) is 5.82 Å². The number of amides is 1. The van der Waals surface area contributed by atoms with E-state index in [1.165, 1.54) is 13.8 Å². The van der Waals surface area contributed by atoms with E-state index >= 15 is 0 Å². The SMILES string of the molecule is CC(C)(C(N)=O)C(N)c1cc(F)c(O)cc1F. The average Bonchev–Trinajstić information content (AvgIpc) is 2.22. The Labute approximate surface area is 97.2 Å². The van der Waals surface area contributed by atoms with E-state index in [1.807, 2.05) is 0 Å². The van der Waals surface area contributed by atoms with E-state index in [4.69, 9.17) is 16.6 Å². The minimum atomic E-state index is -1.23. The molecule has 6 heteroatoms. The van der Waals surface area contributed by atoms with Gasteiger partial charge >= 0.3 is 0 Å². The lowest BCUT2D eigenvalue weighted by Crippen LogP contribution is -2.41. The van der Waals surface area contributed by atoms with E-state index < -0.39 is 34.7 Å². The number of halogens is 2. The molecule has 0 saturated heterocycles. The number of benzene rings is 1. The van der Waals surface area contributed by atoms with Gasteiger partial charge in [0, 0.05) is 17.7 Å². The molecule has 0 spiro atoms. The van der Waals surface area contributed by atoms with Gasteiger partial charge in [0.05, 0.1) is 5.41 Å². The predicted molar refractivity (Wildman–Crippen MR) is 57.9 cm³/mol. The first kappa shape index (κ1) is 13.4. The van der Waals surface area contributed by atoms with Crippen molar-refractivity contribution in [3.8, 4) is 5.75 Å². The number of phenols is 1. The Morgan fingerprint density at radius 3 is 2.35 bits per heavy atom. The number of hydrogen-bond acceptors (Lipinski definition) is 3. The third kappa shape index (κ3) is 2.36. The van der Waals surface area contributed by atoms with Crippen LogP contribution in [0, 0.1) is 17.0 Å². The van der Waals surface area contributed by atoms with Crippen LogP contribution in [-0.4, -0.2) is 11.0 Å². The third-order valence-corrected chi connectivity index (χ3v) is 2.81. The van der Waals surface area contributed by atoms with E-state index in [1.54, 1.807) is 0 Å². The molecule has 94 valence electrons. The van der Waals surface area contributed by atoms with E-state index in [0.29, 0.717) is 6.07 Å². The summed E-state index contributed by atoms with van der Waals surface area (Å²) in [6, 6.07) is 0.275. The number of carbonyl (C=O) groups excluding carboxylic acids is 1. The summed E-state index contributed by atoms with van der Waals surface area (Å²) in [6.07, 6.45) is 0. The second-order valence-electron chi connectivity index (χ2n) is 4.39. The molecule has 0 radical (unpaired) electrons. The first-order valence-corrected chi connectivity index (χ1v) is 4.91. The largest absolute Gasteiger partial charge is 0.505 e. The van der Waals surface area contributed by atoms with Crippen LogP contribution in [0.15, 0.2) is 12.1 Å². The van der Waals surface area contributed by atoms with Gasteiger partial charge in [-0.2, -0.15) is 0 Å². The first-order chi connectivity index (χ1) is 7.67. The summed E-state index contributed by atoms with van der Waals surface area (Å²) in [7, 11) is 0. The van der Waals surface area contributed by atoms with E-state index in [2.05, 4.69) is 0 Å². The molecule has 0 fully saturated rings. The Morgan fingerprint density at radius 2 is 1.88 bits per heavy atom. The molecule has 0 aliphatic carbocycles. The van der Waals surface area contributed by atoms with Gasteiger partial charge in [0.2, 0.25) is 5.91 Å². The van der Waals surface area contributed by atoms with Gasteiger partial charge in [-0.05, 0) is 19.9 Å². The number of phenolic OH excluding ortho intramolecular Hbond substituents is 1. The van der Waals surface area contributed by atoms with Gasteiger partial charge in [-0.1, -0.05) is 0 Å². The van der Waals surface area contributed by atoms with Gasteiger partial charge in [-0.25, -0.2) is 8.78 Å². The minimum absolute atomic E-state index is 0.205. The molecule has 0 aliphatic rings. The highest BCUT2D eigenvalue weighted by Gasteiger charge is 2.35. The monoisotopic (exact) mass is 244 g/mol. The average molecular weight is 244 g/mol. The van der Waals surface area contributed by atoms with E-state index in [9.17, 15) is 13.6 Å². The summed E-state index contributed by atoms with van der Waals surface area (Å²) in [4.78, 5) is 11.2. The molecule has 17 heavy (non-hydrogen) atoms. The third-order valence-electron chi connectivity index (χ3n) is 2.81. The molecule has 1 aromatic carbocycles. The first-order valence-electron chi connectivity index (χ1n) is 4.91. The van der Waals surface area contributed by atoms with Gasteiger partial charge < -0.3 is 16.6 Å². The maximum atomic E-state index is 13.5. The predicted octanol–water partition coefficient (Wildman–Crippen LogP) is 1.18. The minimum Gasteiger partial charge on any atom is -0.505 e. The Bertz CT molecular complexity index is 461. The lowest BCUT2D eigenvalue weighted by atomic mass is 9.80. The van der Waals surface area contributed by atoms with Gasteiger partial charge in [-0.3, -0.25) is 4.79 Å². The van der Waals surface area contributed by atoms with Crippen LogP contribution in [0.5, 0.6) is 5.75 Å². The molecule has 0 aromatic heterocycles. The van der Waals surface area contributed by atoms with Crippen molar-refractivity contribution < 1.29 is 18.7 Å². The molecule has 1 rings (SSSR count). The normalized spacial score (nSPS) is 13.5. The van der Waals surface area contributed by atoms with Crippen molar-refractivity contribution in [1.82, 2.24) is 0 Å². The Hall–Kier alpha value is -1.69. The number of rotatable bonds is 3.